The van der Waals surface area contributed by atoms with Crippen molar-refractivity contribution in [1.29, 1.82) is 0 Å². The Bertz CT molecular complexity index is 857. The van der Waals surface area contributed by atoms with Gasteiger partial charge < -0.3 is 19.2 Å². The number of fused-ring (bicyclic) bond motifs is 1. The van der Waals surface area contributed by atoms with Crippen molar-refractivity contribution in [2.45, 2.75) is 38.3 Å². The second-order valence-electron chi connectivity index (χ2n) is 6.77. The Morgan fingerprint density at radius 2 is 1.88 bits per heavy atom. The van der Waals surface area contributed by atoms with E-state index < -0.39 is 0 Å². The molecule has 1 aromatic carbocycles. The molecule has 0 bridgehead atoms. The van der Waals surface area contributed by atoms with Crippen LogP contribution in [0.5, 0.6) is 11.5 Å². The molecule has 0 saturated heterocycles. The maximum absolute atomic E-state index is 12.3. The molecule has 1 aromatic heterocycles. The minimum atomic E-state index is -0.299. The third kappa shape index (κ3) is 3.98. The monoisotopic (exact) mass is 377 g/mol. The van der Waals surface area contributed by atoms with Crippen LogP contribution in [-0.4, -0.2) is 34.4 Å². The van der Waals surface area contributed by atoms with E-state index in [0.29, 0.717) is 33.9 Å². The summed E-state index contributed by atoms with van der Waals surface area (Å²) in [4.78, 5) is 24.1. The van der Waals surface area contributed by atoms with Gasteiger partial charge in [0.25, 0.3) is 5.22 Å². The highest BCUT2D eigenvalue weighted by atomic mass is 32.2. The molecule has 1 aliphatic rings. The van der Waals surface area contributed by atoms with Crippen LogP contribution in [0.25, 0.3) is 0 Å². The molecule has 2 heterocycles. The SMILES string of the molecule is CC(=O)c1cc2c(cc1NC(=O)CSc1nnc(C(C)(C)C)o1)OCO2. The summed E-state index contributed by atoms with van der Waals surface area (Å²) in [6, 6.07) is 3.16. The number of amides is 1. The highest BCUT2D eigenvalue weighted by Gasteiger charge is 2.23. The molecule has 1 aliphatic heterocycles. The quantitative estimate of drug-likeness (QED) is 0.626. The Balaban J connectivity index is 1.67. The zero-order chi connectivity index (χ0) is 18.9. The minimum Gasteiger partial charge on any atom is -0.454 e. The maximum atomic E-state index is 12.3. The number of carbonyl (C=O) groups is 2. The first-order chi connectivity index (χ1) is 12.2. The van der Waals surface area contributed by atoms with E-state index >= 15 is 0 Å². The summed E-state index contributed by atoms with van der Waals surface area (Å²) < 4.78 is 16.1. The molecule has 3 rings (SSSR count). The molecule has 0 fully saturated rings. The minimum absolute atomic E-state index is 0.0670. The van der Waals surface area contributed by atoms with Gasteiger partial charge in [-0.3, -0.25) is 9.59 Å². The van der Waals surface area contributed by atoms with Crippen molar-refractivity contribution in [2.24, 2.45) is 0 Å². The molecule has 0 radical (unpaired) electrons. The zero-order valence-corrected chi connectivity index (χ0v) is 15.7. The van der Waals surface area contributed by atoms with E-state index in [1.165, 1.54) is 6.92 Å². The fraction of sp³-hybridized carbons (Fsp3) is 0.412. The molecule has 0 atom stereocenters. The molecule has 1 amide bonds. The van der Waals surface area contributed by atoms with E-state index in [1.807, 2.05) is 20.8 Å². The molecule has 138 valence electrons. The third-order valence-electron chi connectivity index (χ3n) is 3.54. The Morgan fingerprint density at radius 1 is 1.19 bits per heavy atom. The first-order valence-corrected chi connectivity index (χ1v) is 8.94. The van der Waals surface area contributed by atoms with Crippen molar-refractivity contribution >= 4 is 29.1 Å². The number of hydrogen-bond donors (Lipinski definition) is 1. The van der Waals surface area contributed by atoms with E-state index in [1.54, 1.807) is 12.1 Å². The van der Waals surface area contributed by atoms with Crippen molar-refractivity contribution in [3.8, 4) is 11.5 Å². The average Bonchev–Trinajstić information content (AvgIpc) is 3.20. The van der Waals surface area contributed by atoms with Crippen LogP contribution in [-0.2, 0) is 10.2 Å². The van der Waals surface area contributed by atoms with Gasteiger partial charge in [-0.25, -0.2) is 0 Å². The summed E-state index contributed by atoms with van der Waals surface area (Å²) in [6.45, 7) is 7.40. The van der Waals surface area contributed by atoms with Gasteiger partial charge in [0.2, 0.25) is 18.6 Å². The summed E-state index contributed by atoms with van der Waals surface area (Å²) >= 11 is 1.13. The largest absolute Gasteiger partial charge is 0.454 e. The first kappa shape index (κ1) is 18.2. The lowest BCUT2D eigenvalue weighted by Crippen LogP contribution is -2.16. The highest BCUT2D eigenvalue weighted by molar-refractivity contribution is 7.99. The molecule has 0 unspecified atom stereocenters. The lowest BCUT2D eigenvalue weighted by molar-refractivity contribution is -0.113. The first-order valence-electron chi connectivity index (χ1n) is 7.95. The number of nitrogens with zero attached hydrogens (tertiary/aromatic N) is 2. The van der Waals surface area contributed by atoms with Gasteiger partial charge in [0.1, 0.15) is 0 Å². The fourth-order valence-corrected chi connectivity index (χ4v) is 2.78. The number of carbonyl (C=O) groups excluding carboxylic acids is 2. The maximum Gasteiger partial charge on any atom is 0.277 e. The number of hydrogen-bond acceptors (Lipinski definition) is 8. The predicted octanol–water partition coefficient (Wildman–Crippen LogP) is 3.03. The van der Waals surface area contributed by atoms with Crippen molar-refractivity contribution in [2.75, 3.05) is 17.9 Å². The number of anilines is 1. The number of aromatic nitrogens is 2. The number of benzene rings is 1. The van der Waals surface area contributed by atoms with Crippen LogP contribution >= 0.6 is 11.8 Å². The predicted molar refractivity (Wildman–Crippen MR) is 94.9 cm³/mol. The molecular formula is C17H19N3O5S. The third-order valence-corrected chi connectivity index (χ3v) is 4.36. The standard InChI is InChI=1S/C17H19N3O5S/c1-9(21)10-5-12-13(24-8-23-12)6-11(10)18-14(22)7-26-16-20-19-15(25-16)17(2,3)4/h5-6H,7-8H2,1-4H3,(H,18,22). The van der Waals surface area contributed by atoms with Gasteiger partial charge in [0, 0.05) is 17.0 Å². The summed E-state index contributed by atoms with van der Waals surface area (Å²) in [5.41, 5.74) is 0.491. The Kier molecular flexibility index (Phi) is 4.90. The van der Waals surface area contributed by atoms with Crippen LogP contribution in [0.1, 0.15) is 43.9 Å². The van der Waals surface area contributed by atoms with Gasteiger partial charge >= 0.3 is 0 Å². The molecular weight excluding hydrogens is 358 g/mol. The van der Waals surface area contributed by atoms with E-state index in [2.05, 4.69) is 15.5 Å². The molecule has 1 N–H and O–H groups in total. The molecule has 2 aromatic rings. The van der Waals surface area contributed by atoms with Gasteiger partial charge in [-0.2, -0.15) is 0 Å². The zero-order valence-electron chi connectivity index (χ0n) is 14.9. The highest BCUT2D eigenvalue weighted by Crippen LogP contribution is 2.37. The summed E-state index contributed by atoms with van der Waals surface area (Å²) in [5.74, 6) is 1.07. The van der Waals surface area contributed by atoms with Crippen LogP contribution in [0.15, 0.2) is 21.8 Å². The number of ether oxygens (including phenoxy) is 2. The normalized spacial score (nSPS) is 12.9. The van der Waals surface area contributed by atoms with Crippen LogP contribution in [0.3, 0.4) is 0 Å². The van der Waals surface area contributed by atoms with Gasteiger partial charge in [0.05, 0.1) is 11.4 Å². The molecule has 8 nitrogen and oxygen atoms in total. The summed E-state index contributed by atoms with van der Waals surface area (Å²) in [7, 11) is 0. The van der Waals surface area contributed by atoms with Gasteiger partial charge in [0.15, 0.2) is 17.3 Å². The van der Waals surface area contributed by atoms with Crippen LogP contribution in [0.4, 0.5) is 5.69 Å². The van der Waals surface area contributed by atoms with E-state index in [9.17, 15) is 9.59 Å². The fourth-order valence-electron chi connectivity index (χ4n) is 2.22. The molecule has 0 saturated carbocycles. The smallest absolute Gasteiger partial charge is 0.277 e. The van der Waals surface area contributed by atoms with Gasteiger partial charge in [-0.05, 0) is 13.0 Å². The van der Waals surface area contributed by atoms with Gasteiger partial charge in [-0.1, -0.05) is 32.5 Å². The van der Waals surface area contributed by atoms with E-state index in [4.69, 9.17) is 13.9 Å². The second-order valence-corrected chi connectivity index (χ2v) is 7.69. The summed E-state index contributed by atoms with van der Waals surface area (Å²) in [5, 5.41) is 11.0. The summed E-state index contributed by atoms with van der Waals surface area (Å²) in [6.07, 6.45) is 0. The molecule has 0 spiro atoms. The lowest BCUT2D eigenvalue weighted by atomic mass is 9.97. The van der Waals surface area contributed by atoms with Crippen molar-refractivity contribution in [3.05, 3.63) is 23.6 Å². The van der Waals surface area contributed by atoms with Crippen molar-refractivity contribution in [1.82, 2.24) is 10.2 Å². The topological polar surface area (TPSA) is 104 Å². The second kappa shape index (κ2) is 6.99. The average molecular weight is 377 g/mol. The van der Waals surface area contributed by atoms with Crippen molar-refractivity contribution < 1.29 is 23.5 Å². The Morgan fingerprint density at radius 3 is 2.50 bits per heavy atom. The van der Waals surface area contributed by atoms with E-state index in [0.717, 1.165) is 11.8 Å². The number of rotatable bonds is 5. The molecule has 26 heavy (non-hydrogen) atoms. The van der Waals surface area contributed by atoms with E-state index in [-0.39, 0.29) is 29.7 Å². The lowest BCUT2D eigenvalue weighted by Gasteiger charge is -2.11. The van der Waals surface area contributed by atoms with Crippen LogP contribution in [0, 0.1) is 0 Å². The van der Waals surface area contributed by atoms with Crippen LogP contribution < -0.4 is 14.8 Å². The number of Topliss-reactive ketones (excluding diaryl/α,β-unsaturated/α-hetero) is 1. The Labute approximate surface area is 154 Å². The number of ketones is 1. The molecule has 9 heteroatoms. The molecule has 0 aliphatic carbocycles. The van der Waals surface area contributed by atoms with Crippen molar-refractivity contribution in [3.63, 3.8) is 0 Å². The Hall–Kier alpha value is -2.55. The van der Waals surface area contributed by atoms with Crippen LogP contribution in [0.2, 0.25) is 0 Å². The number of nitrogens with one attached hydrogen (secondary N) is 1. The van der Waals surface area contributed by atoms with Gasteiger partial charge in [-0.15, -0.1) is 10.2 Å². The number of thioether (sulfide) groups is 1.